The number of anilines is 1. The third-order valence-corrected chi connectivity index (χ3v) is 4.63. The Morgan fingerprint density at radius 1 is 0.828 bits per heavy atom. The smallest absolute Gasteiger partial charge is 0.262 e. The first kappa shape index (κ1) is 20.5. The fourth-order valence-electron chi connectivity index (χ4n) is 3.15. The average molecular weight is 389 g/mol. The van der Waals surface area contributed by atoms with Crippen molar-refractivity contribution >= 4 is 11.6 Å². The Kier molecular flexibility index (Phi) is 7.28. The van der Waals surface area contributed by atoms with E-state index >= 15 is 0 Å². The summed E-state index contributed by atoms with van der Waals surface area (Å²) in [6, 6.07) is 23.7. The molecule has 4 nitrogen and oxygen atoms in total. The van der Waals surface area contributed by atoms with E-state index in [1.807, 2.05) is 74.5 Å². The SMILES string of the molecule is Cc1cccc(C)c1OCC(=O)Nc1ccccc1OCCCc1ccccc1. The van der Waals surface area contributed by atoms with Crippen LogP contribution in [-0.4, -0.2) is 19.1 Å². The Morgan fingerprint density at radius 3 is 2.28 bits per heavy atom. The highest BCUT2D eigenvalue weighted by molar-refractivity contribution is 5.93. The van der Waals surface area contributed by atoms with Gasteiger partial charge in [0, 0.05) is 0 Å². The van der Waals surface area contributed by atoms with Crippen molar-refractivity contribution in [2.24, 2.45) is 0 Å². The maximum Gasteiger partial charge on any atom is 0.262 e. The Hall–Kier alpha value is -3.27. The van der Waals surface area contributed by atoms with E-state index in [9.17, 15) is 4.79 Å². The molecule has 29 heavy (non-hydrogen) atoms. The van der Waals surface area contributed by atoms with Gasteiger partial charge >= 0.3 is 0 Å². The molecular weight excluding hydrogens is 362 g/mol. The van der Waals surface area contributed by atoms with Crippen molar-refractivity contribution in [1.82, 2.24) is 0 Å². The normalized spacial score (nSPS) is 10.4. The number of benzene rings is 3. The molecule has 0 heterocycles. The number of para-hydroxylation sites is 3. The molecule has 4 heteroatoms. The molecule has 3 aromatic rings. The van der Waals surface area contributed by atoms with Crippen molar-refractivity contribution in [2.75, 3.05) is 18.5 Å². The lowest BCUT2D eigenvalue weighted by Crippen LogP contribution is -2.21. The second-order valence-corrected chi connectivity index (χ2v) is 6.99. The van der Waals surface area contributed by atoms with Gasteiger partial charge in [0.1, 0.15) is 11.5 Å². The van der Waals surface area contributed by atoms with Gasteiger partial charge in [-0.3, -0.25) is 4.79 Å². The van der Waals surface area contributed by atoms with Crippen LogP contribution in [0.3, 0.4) is 0 Å². The number of hydrogen-bond donors (Lipinski definition) is 1. The lowest BCUT2D eigenvalue weighted by Gasteiger charge is -2.14. The highest BCUT2D eigenvalue weighted by atomic mass is 16.5. The number of rotatable bonds is 9. The van der Waals surface area contributed by atoms with Gasteiger partial charge in [0.2, 0.25) is 0 Å². The fourth-order valence-corrected chi connectivity index (χ4v) is 3.15. The van der Waals surface area contributed by atoms with Gasteiger partial charge in [0.05, 0.1) is 12.3 Å². The molecule has 0 aliphatic heterocycles. The summed E-state index contributed by atoms with van der Waals surface area (Å²) in [7, 11) is 0. The van der Waals surface area contributed by atoms with Gasteiger partial charge in [-0.25, -0.2) is 0 Å². The lowest BCUT2D eigenvalue weighted by atomic mass is 10.1. The number of hydrogen-bond acceptors (Lipinski definition) is 3. The van der Waals surface area contributed by atoms with Gasteiger partial charge in [0.25, 0.3) is 5.91 Å². The molecule has 0 unspecified atom stereocenters. The van der Waals surface area contributed by atoms with E-state index in [1.165, 1.54) is 5.56 Å². The molecule has 0 saturated heterocycles. The molecule has 0 fully saturated rings. The Labute approximate surface area is 172 Å². The maximum atomic E-state index is 12.4. The zero-order valence-electron chi connectivity index (χ0n) is 17.0. The van der Waals surface area contributed by atoms with E-state index in [-0.39, 0.29) is 12.5 Å². The summed E-state index contributed by atoms with van der Waals surface area (Å²) in [5, 5.41) is 2.89. The molecule has 0 radical (unpaired) electrons. The standard InChI is InChI=1S/C25H27NO3/c1-19-10-8-11-20(2)25(19)29-18-24(27)26-22-15-6-7-16-23(22)28-17-9-14-21-12-4-3-5-13-21/h3-8,10-13,15-16H,9,14,17-18H2,1-2H3,(H,26,27). The Balaban J connectivity index is 1.51. The number of nitrogens with one attached hydrogen (secondary N) is 1. The largest absolute Gasteiger partial charge is 0.491 e. The minimum Gasteiger partial charge on any atom is -0.491 e. The van der Waals surface area contributed by atoms with Gasteiger partial charge in [-0.1, -0.05) is 60.7 Å². The van der Waals surface area contributed by atoms with E-state index in [0.717, 1.165) is 29.7 Å². The topological polar surface area (TPSA) is 47.6 Å². The fraction of sp³-hybridized carbons (Fsp3) is 0.240. The summed E-state index contributed by atoms with van der Waals surface area (Å²) in [6.45, 7) is 4.48. The predicted octanol–water partition coefficient (Wildman–Crippen LogP) is 5.33. The zero-order chi connectivity index (χ0) is 20.5. The third kappa shape index (κ3) is 6.11. The van der Waals surface area contributed by atoms with Crippen molar-refractivity contribution in [3.8, 4) is 11.5 Å². The molecule has 0 atom stereocenters. The van der Waals surface area contributed by atoms with Crippen molar-refractivity contribution < 1.29 is 14.3 Å². The van der Waals surface area contributed by atoms with Crippen molar-refractivity contribution in [3.63, 3.8) is 0 Å². The number of carbonyl (C=O) groups excluding carboxylic acids is 1. The number of carbonyl (C=O) groups is 1. The summed E-state index contributed by atoms with van der Waals surface area (Å²) in [5.74, 6) is 1.21. The van der Waals surface area contributed by atoms with Crippen molar-refractivity contribution in [2.45, 2.75) is 26.7 Å². The van der Waals surface area contributed by atoms with Crippen LogP contribution in [0.1, 0.15) is 23.1 Å². The van der Waals surface area contributed by atoms with Crippen LogP contribution in [0.4, 0.5) is 5.69 Å². The lowest BCUT2D eigenvalue weighted by molar-refractivity contribution is -0.118. The molecule has 0 bridgehead atoms. The molecule has 3 aromatic carbocycles. The quantitative estimate of drug-likeness (QED) is 0.503. The molecule has 0 aliphatic rings. The predicted molar refractivity (Wildman–Crippen MR) is 117 cm³/mol. The summed E-state index contributed by atoms with van der Waals surface area (Å²) in [4.78, 5) is 12.4. The van der Waals surface area contributed by atoms with Crippen LogP contribution in [-0.2, 0) is 11.2 Å². The molecule has 3 rings (SSSR count). The molecule has 1 amide bonds. The first-order valence-electron chi connectivity index (χ1n) is 9.88. The number of ether oxygens (including phenoxy) is 2. The first-order valence-corrected chi connectivity index (χ1v) is 9.88. The minimum absolute atomic E-state index is 0.0476. The number of amides is 1. The summed E-state index contributed by atoms with van der Waals surface area (Å²) in [5.41, 5.74) is 3.98. The van der Waals surface area contributed by atoms with Crippen LogP contribution in [0.25, 0.3) is 0 Å². The second-order valence-electron chi connectivity index (χ2n) is 6.99. The molecule has 0 aromatic heterocycles. The monoisotopic (exact) mass is 389 g/mol. The van der Waals surface area contributed by atoms with E-state index in [2.05, 4.69) is 17.4 Å². The van der Waals surface area contributed by atoms with Gasteiger partial charge in [-0.05, 0) is 55.5 Å². The maximum absolute atomic E-state index is 12.4. The van der Waals surface area contributed by atoms with Crippen LogP contribution in [0.15, 0.2) is 72.8 Å². The Morgan fingerprint density at radius 2 is 1.52 bits per heavy atom. The zero-order valence-corrected chi connectivity index (χ0v) is 17.0. The molecule has 0 aliphatic carbocycles. The van der Waals surface area contributed by atoms with Crippen LogP contribution >= 0.6 is 0 Å². The highest BCUT2D eigenvalue weighted by Crippen LogP contribution is 2.25. The minimum atomic E-state index is -0.215. The average Bonchev–Trinajstić information content (AvgIpc) is 2.73. The van der Waals surface area contributed by atoms with Crippen LogP contribution in [0.5, 0.6) is 11.5 Å². The molecule has 1 N–H and O–H groups in total. The van der Waals surface area contributed by atoms with Gasteiger partial charge in [-0.2, -0.15) is 0 Å². The van der Waals surface area contributed by atoms with E-state index in [1.54, 1.807) is 0 Å². The third-order valence-electron chi connectivity index (χ3n) is 4.63. The summed E-state index contributed by atoms with van der Waals surface area (Å²) >= 11 is 0. The molecule has 0 spiro atoms. The van der Waals surface area contributed by atoms with Crippen molar-refractivity contribution in [3.05, 3.63) is 89.5 Å². The van der Waals surface area contributed by atoms with Gasteiger partial charge < -0.3 is 14.8 Å². The highest BCUT2D eigenvalue weighted by Gasteiger charge is 2.10. The Bertz CT molecular complexity index is 918. The van der Waals surface area contributed by atoms with Gasteiger partial charge in [0.15, 0.2) is 6.61 Å². The molecular formula is C25H27NO3. The van der Waals surface area contributed by atoms with Gasteiger partial charge in [-0.15, -0.1) is 0 Å². The van der Waals surface area contributed by atoms with Crippen LogP contribution in [0, 0.1) is 13.8 Å². The second kappa shape index (κ2) is 10.3. The van der Waals surface area contributed by atoms with E-state index < -0.39 is 0 Å². The van der Waals surface area contributed by atoms with Crippen molar-refractivity contribution in [1.29, 1.82) is 0 Å². The van der Waals surface area contributed by atoms with Crippen LogP contribution in [0.2, 0.25) is 0 Å². The summed E-state index contributed by atoms with van der Waals surface area (Å²) < 4.78 is 11.6. The van der Waals surface area contributed by atoms with E-state index in [0.29, 0.717) is 18.0 Å². The first-order chi connectivity index (χ1) is 14.1. The number of aryl methyl sites for hydroxylation is 3. The molecule has 150 valence electrons. The summed E-state index contributed by atoms with van der Waals surface area (Å²) in [6.07, 6.45) is 1.86. The molecule has 0 saturated carbocycles. The van der Waals surface area contributed by atoms with Crippen LogP contribution < -0.4 is 14.8 Å². The van der Waals surface area contributed by atoms with E-state index in [4.69, 9.17) is 9.47 Å².